The minimum absolute atomic E-state index is 0.749. The zero-order valence-electron chi connectivity index (χ0n) is 10.5. The summed E-state index contributed by atoms with van der Waals surface area (Å²) in [6, 6.07) is 9.86. The van der Waals surface area contributed by atoms with Crippen molar-refractivity contribution in [3.8, 4) is 0 Å². The Morgan fingerprint density at radius 3 is 3.00 bits per heavy atom. The van der Waals surface area contributed by atoms with Gasteiger partial charge in [-0.15, -0.1) is 10.2 Å². The summed E-state index contributed by atoms with van der Waals surface area (Å²) in [5, 5.41) is 12.2. The molecule has 0 aliphatic heterocycles. The van der Waals surface area contributed by atoms with Crippen molar-refractivity contribution in [2.45, 2.75) is 17.5 Å². The van der Waals surface area contributed by atoms with Crippen LogP contribution in [-0.4, -0.2) is 21.6 Å². The summed E-state index contributed by atoms with van der Waals surface area (Å²) in [5.74, 6) is 2.64. The summed E-state index contributed by atoms with van der Waals surface area (Å²) in [4.78, 5) is 0. The van der Waals surface area contributed by atoms with Gasteiger partial charge in [0, 0.05) is 6.20 Å². The van der Waals surface area contributed by atoms with Gasteiger partial charge in [0.2, 0.25) is 0 Å². The second kappa shape index (κ2) is 5.46. The van der Waals surface area contributed by atoms with Crippen LogP contribution in [0.15, 0.2) is 46.1 Å². The highest BCUT2D eigenvalue weighted by molar-refractivity contribution is 7.98. The van der Waals surface area contributed by atoms with E-state index in [1.807, 2.05) is 48.0 Å². The molecule has 0 unspecified atom stereocenters. The maximum atomic E-state index is 5.69. The van der Waals surface area contributed by atoms with Crippen LogP contribution < -0.4 is 5.32 Å². The number of thioether (sulfide) groups is 1. The van der Waals surface area contributed by atoms with Crippen LogP contribution in [0.5, 0.6) is 0 Å². The molecule has 0 spiro atoms. The molecule has 3 aromatic heterocycles. The average molecular weight is 274 g/mol. The first-order valence-corrected chi connectivity index (χ1v) is 7.00. The van der Waals surface area contributed by atoms with E-state index in [1.165, 1.54) is 0 Å². The van der Waals surface area contributed by atoms with Crippen molar-refractivity contribution in [1.82, 2.24) is 19.9 Å². The predicted octanol–water partition coefficient (Wildman–Crippen LogP) is 2.33. The highest BCUT2D eigenvalue weighted by Gasteiger charge is 2.07. The lowest BCUT2D eigenvalue weighted by molar-refractivity contribution is 0.468. The van der Waals surface area contributed by atoms with Gasteiger partial charge >= 0.3 is 0 Å². The van der Waals surface area contributed by atoms with Gasteiger partial charge in [0.05, 0.1) is 12.3 Å². The van der Waals surface area contributed by atoms with Gasteiger partial charge in [-0.1, -0.05) is 17.8 Å². The molecule has 0 radical (unpaired) electrons. The smallest absolute Gasteiger partial charge is 0.196 e. The number of rotatable bonds is 5. The minimum atomic E-state index is 0.749. The minimum Gasteiger partial charge on any atom is -0.464 e. The molecule has 98 valence electrons. The highest BCUT2D eigenvalue weighted by Crippen LogP contribution is 2.22. The Morgan fingerprint density at radius 2 is 2.11 bits per heavy atom. The summed E-state index contributed by atoms with van der Waals surface area (Å²) < 4.78 is 7.67. The number of nitrogens with zero attached hydrogens (tertiary/aromatic N) is 3. The Kier molecular flexibility index (Phi) is 3.52. The molecule has 6 heteroatoms. The molecule has 0 saturated carbocycles. The lowest BCUT2D eigenvalue weighted by Crippen LogP contribution is -2.03. The van der Waals surface area contributed by atoms with Crippen molar-refractivity contribution in [2.24, 2.45) is 0 Å². The number of nitrogens with one attached hydrogen (secondary N) is 1. The first-order valence-electron chi connectivity index (χ1n) is 6.01. The largest absolute Gasteiger partial charge is 0.464 e. The topological polar surface area (TPSA) is 55.4 Å². The fourth-order valence-electron chi connectivity index (χ4n) is 1.82. The number of hydrogen-bond donors (Lipinski definition) is 1. The lowest BCUT2D eigenvalue weighted by Gasteiger charge is -1.98. The summed E-state index contributed by atoms with van der Waals surface area (Å²) in [7, 11) is 1.90. The zero-order chi connectivity index (χ0) is 13.1. The van der Waals surface area contributed by atoms with Crippen molar-refractivity contribution >= 4 is 17.4 Å². The van der Waals surface area contributed by atoms with Crippen LogP contribution >= 0.6 is 11.8 Å². The van der Waals surface area contributed by atoms with Crippen LogP contribution in [0, 0.1) is 0 Å². The van der Waals surface area contributed by atoms with Crippen molar-refractivity contribution in [1.29, 1.82) is 0 Å². The second-order valence-electron chi connectivity index (χ2n) is 4.10. The predicted molar refractivity (Wildman–Crippen MR) is 74.0 cm³/mol. The molecule has 0 bridgehead atoms. The van der Waals surface area contributed by atoms with E-state index < -0.39 is 0 Å². The number of furan rings is 1. The quantitative estimate of drug-likeness (QED) is 0.724. The molecule has 5 nitrogen and oxygen atoms in total. The molecule has 0 fully saturated rings. The number of aromatic nitrogens is 3. The molecule has 0 saturated heterocycles. The first kappa shape index (κ1) is 12.3. The highest BCUT2D eigenvalue weighted by atomic mass is 32.2. The van der Waals surface area contributed by atoms with Crippen LogP contribution in [0.1, 0.15) is 11.5 Å². The molecule has 3 aromatic rings. The third kappa shape index (κ3) is 2.64. The van der Waals surface area contributed by atoms with E-state index in [1.54, 1.807) is 11.8 Å². The fourth-order valence-corrected chi connectivity index (χ4v) is 2.64. The standard InChI is InChI=1S/C13H14N4OS/c1-14-8-10-5-6-11(18-10)9-19-13-16-15-12-4-2-3-7-17(12)13/h2-7,14H,8-9H2,1H3. The summed E-state index contributed by atoms with van der Waals surface area (Å²) in [6.45, 7) is 0.749. The van der Waals surface area contributed by atoms with Crippen LogP contribution in [0.25, 0.3) is 5.65 Å². The average Bonchev–Trinajstić information content (AvgIpc) is 3.04. The first-order chi connectivity index (χ1) is 9.36. The number of fused-ring (bicyclic) bond motifs is 1. The van der Waals surface area contributed by atoms with E-state index in [0.717, 1.165) is 34.6 Å². The van der Waals surface area contributed by atoms with Gasteiger partial charge in [0.1, 0.15) is 11.5 Å². The van der Waals surface area contributed by atoms with Crippen molar-refractivity contribution in [3.05, 3.63) is 48.0 Å². The third-order valence-electron chi connectivity index (χ3n) is 2.69. The van der Waals surface area contributed by atoms with E-state index in [0.29, 0.717) is 0 Å². The van der Waals surface area contributed by atoms with Crippen molar-refractivity contribution < 1.29 is 4.42 Å². The molecular weight excluding hydrogens is 260 g/mol. The Hall–Kier alpha value is -1.79. The molecule has 0 aliphatic carbocycles. The van der Waals surface area contributed by atoms with E-state index in [4.69, 9.17) is 4.42 Å². The van der Waals surface area contributed by atoms with Gasteiger partial charge in [-0.25, -0.2) is 0 Å². The van der Waals surface area contributed by atoms with Crippen LogP contribution in [0.4, 0.5) is 0 Å². The molecule has 3 heterocycles. The van der Waals surface area contributed by atoms with Crippen molar-refractivity contribution in [2.75, 3.05) is 7.05 Å². The molecule has 0 aromatic carbocycles. The molecule has 3 rings (SSSR count). The monoisotopic (exact) mass is 274 g/mol. The normalized spacial score (nSPS) is 11.2. The summed E-state index contributed by atoms with van der Waals surface area (Å²) >= 11 is 1.62. The van der Waals surface area contributed by atoms with Gasteiger partial charge in [-0.3, -0.25) is 4.40 Å². The Morgan fingerprint density at radius 1 is 1.21 bits per heavy atom. The second-order valence-corrected chi connectivity index (χ2v) is 5.04. The molecule has 0 aliphatic rings. The maximum absolute atomic E-state index is 5.69. The van der Waals surface area contributed by atoms with Crippen molar-refractivity contribution in [3.63, 3.8) is 0 Å². The Balaban J connectivity index is 1.71. The van der Waals surface area contributed by atoms with Gasteiger partial charge in [-0.2, -0.15) is 0 Å². The summed E-state index contributed by atoms with van der Waals surface area (Å²) in [5.41, 5.74) is 0.861. The fraction of sp³-hybridized carbons (Fsp3) is 0.231. The van der Waals surface area contributed by atoms with Crippen LogP contribution in [0.3, 0.4) is 0 Å². The molecule has 0 amide bonds. The maximum Gasteiger partial charge on any atom is 0.196 e. The van der Waals surface area contributed by atoms with E-state index in [9.17, 15) is 0 Å². The lowest BCUT2D eigenvalue weighted by atomic mass is 10.4. The number of pyridine rings is 1. The van der Waals surface area contributed by atoms with Gasteiger partial charge in [-0.05, 0) is 31.3 Å². The third-order valence-corrected chi connectivity index (χ3v) is 3.66. The van der Waals surface area contributed by atoms with E-state index in [2.05, 4.69) is 15.5 Å². The SMILES string of the molecule is CNCc1ccc(CSc2nnc3ccccn23)o1. The number of hydrogen-bond acceptors (Lipinski definition) is 5. The Bertz CT molecular complexity index is 676. The molecule has 19 heavy (non-hydrogen) atoms. The van der Waals surface area contributed by atoms with Gasteiger partial charge < -0.3 is 9.73 Å². The zero-order valence-corrected chi connectivity index (χ0v) is 11.4. The molecule has 0 atom stereocenters. The molecular formula is C13H14N4OS. The van der Waals surface area contributed by atoms with Gasteiger partial charge in [0.25, 0.3) is 0 Å². The van der Waals surface area contributed by atoms with Gasteiger partial charge in [0.15, 0.2) is 10.8 Å². The van der Waals surface area contributed by atoms with E-state index in [-0.39, 0.29) is 0 Å². The Labute approximate surface area is 115 Å². The molecule has 1 N–H and O–H groups in total. The van der Waals surface area contributed by atoms with Crippen LogP contribution in [0.2, 0.25) is 0 Å². The van der Waals surface area contributed by atoms with E-state index >= 15 is 0 Å². The van der Waals surface area contributed by atoms with Crippen LogP contribution in [-0.2, 0) is 12.3 Å². The summed E-state index contributed by atoms with van der Waals surface area (Å²) in [6.07, 6.45) is 1.96.